The number of thioether (sulfide) groups is 1. The number of nitrogens with one attached hydrogen (secondary N) is 1. The van der Waals surface area contributed by atoms with Crippen LogP contribution in [-0.2, 0) is 4.79 Å². The molecule has 0 atom stereocenters. The molecule has 3 aromatic rings. The predicted molar refractivity (Wildman–Crippen MR) is 109 cm³/mol. The van der Waals surface area contributed by atoms with E-state index in [9.17, 15) is 4.79 Å². The second kappa shape index (κ2) is 8.99. The lowest BCUT2D eigenvalue weighted by Crippen LogP contribution is -2.15. The van der Waals surface area contributed by atoms with Gasteiger partial charge in [-0.1, -0.05) is 17.8 Å². The van der Waals surface area contributed by atoms with E-state index in [1.165, 1.54) is 23.5 Å². The molecule has 28 heavy (non-hydrogen) atoms. The number of anilines is 1. The molecule has 0 bridgehead atoms. The molecular weight excluding hydrogens is 394 g/mol. The van der Waals surface area contributed by atoms with Crippen molar-refractivity contribution in [1.29, 1.82) is 0 Å². The summed E-state index contributed by atoms with van der Waals surface area (Å²) < 4.78 is 11.1. The number of rotatable bonds is 6. The van der Waals surface area contributed by atoms with Crippen molar-refractivity contribution in [3.63, 3.8) is 0 Å². The number of benzene rings is 1. The topological polar surface area (TPSA) is 73.3 Å². The molecule has 4 rings (SSSR count). The Morgan fingerprint density at radius 3 is 2.68 bits per heavy atom. The Bertz CT molecular complexity index is 970. The zero-order valence-electron chi connectivity index (χ0n) is 14.8. The van der Waals surface area contributed by atoms with E-state index in [1.54, 1.807) is 18.5 Å². The fourth-order valence-corrected chi connectivity index (χ4v) is 4.02. The van der Waals surface area contributed by atoms with E-state index in [0.717, 1.165) is 26.4 Å². The van der Waals surface area contributed by atoms with E-state index in [4.69, 9.17) is 9.47 Å². The van der Waals surface area contributed by atoms with E-state index in [1.807, 2.05) is 42.5 Å². The maximum atomic E-state index is 12.3. The van der Waals surface area contributed by atoms with Gasteiger partial charge in [-0.2, -0.15) is 0 Å². The lowest BCUT2D eigenvalue weighted by atomic mass is 10.3. The number of amides is 1. The van der Waals surface area contributed by atoms with Crippen LogP contribution in [0.5, 0.6) is 11.5 Å². The van der Waals surface area contributed by atoms with E-state index in [-0.39, 0.29) is 5.91 Å². The molecule has 0 aliphatic carbocycles. The summed E-state index contributed by atoms with van der Waals surface area (Å²) in [4.78, 5) is 21.9. The second-order valence-corrected chi connectivity index (χ2v) is 7.88. The van der Waals surface area contributed by atoms with Crippen molar-refractivity contribution < 1.29 is 14.3 Å². The first-order chi connectivity index (χ1) is 13.8. The summed E-state index contributed by atoms with van der Waals surface area (Å²) in [6.07, 6.45) is 3.41. The fourth-order valence-electron chi connectivity index (χ4n) is 2.52. The minimum Gasteiger partial charge on any atom is -0.486 e. The molecule has 6 nitrogen and oxygen atoms in total. The number of ether oxygens (including phenoxy) is 2. The Morgan fingerprint density at radius 1 is 0.964 bits per heavy atom. The summed E-state index contributed by atoms with van der Waals surface area (Å²) in [7, 11) is 0. The van der Waals surface area contributed by atoms with Crippen LogP contribution in [0.1, 0.15) is 0 Å². The number of hydrogen-bond donors (Lipinski definition) is 1. The van der Waals surface area contributed by atoms with Gasteiger partial charge in [0.05, 0.1) is 5.75 Å². The minimum atomic E-state index is -0.0834. The zero-order valence-corrected chi connectivity index (χ0v) is 16.5. The van der Waals surface area contributed by atoms with Gasteiger partial charge in [-0.3, -0.25) is 4.79 Å². The highest BCUT2D eigenvalue weighted by Gasteiger charge is 2.13. The maximum absolute atomic E-state index is 12.3. The quantitative estimate of drug-likeness (QED) is 0.611. The highest BCUT2D eigenvalue weighted by atomic mass is 32.2. The van der Waals surface area contributed by atoms with Crippen molar-refractivity contribution in [2.75, 3.05) is 24.3 Å². The van der Waals surface area contributed by atoms with Gasteiger partial charge in [0.25, 0.3) is 0 Å². The number of pyridine rings is 2. The fraction of sp³-hybridized carbons (Fsp3) is 0.150. The molecule has 0 unspecified atom stereocenters. The Hall–Kier alpha value is -2.71. The molecule has 0 radical (unpaired) electrons. The molecule has 2 aromatic heterocycles. The maximum Gasteiger partial charge on any atom is 0.234 e. The molecule has 1 N–H and O–H groups in total. The molecule has 8 heteroatoms. The smallest absolute Gasteiger partial charge is 0.234 e. The molecule has 1 aromatic carbocycles. The van der Waals surface area contributed by atoms with Crippen molar-refractivity contribution in [3.05, 3.63) is 60.9 Å². The minimum absolute atomic E-state index is 0.0834. The van der Waals surface area contributed by atoms with Gasteiger partial charge in [0, 0.05) is 23.0 Å². The Labute approximate surface area is 171 Å². The lowest BCUT2D eigenvalue weighted by Gasteiger charge is -2.18. The summed E-state index contributed by atoms with van der Waals surface area (Å²) in [5.41, 5.74) is 0.709. The van der Waals surface area contributed by atoms with Crippen LogP contribution in [0.4, 0.5) is 5.69 Å². The summed E-state index contributed by atoms with van der Waals surface area (Å²) in [5, 5.41) is 4.54. The summed E-state index contributed by atoms with van der Waals surface area (Å²) >= 11 is 2.90. The average molecular weight is 412 g/mol. The van der Waals surface area contributed by atoms with Gasteiger partial charge < -0.3 is 14.8 Å². The molecule has 0 saturated carbocycles. The molecule has 142 valence electrons. The van der Waals surface area contributed by atoms with Crippen LogP contribution in [0.15, 0.2) is 75.9 Å². The van der Waals surface area contributed by atoms with E-state index >= 15 is 0 Å². The zero-order chi connectivity index (χ0) is 19.2. The van der Waals surface area contributed by atoms with Crippen molar-refractivity contribution in [2.24, 2.45) is 0 Å². The second-order valence-electron chi connectivity index (χ2n) is 5.80. The number of carbonyl (C=O) groups is 1. The third-order valence-electron chi connectivity index (χ3n) is 3.75. The number of hydrogen-bond acceptors (Lipinski definition) is 7. The van der Waals surface area contributed by atoms with Crippen LogP contribution in [0.25, 0.3) is 0 Å². The van der Waals surface area contributed by atoms with Crippen molar-refractivity contribution in [3.8, 4) is 11.5 Å². The van der Waals surface area contributed by atoms with Crippen molar-refractivity contribution in [2.45, 2.75) is 14.9 Å². The van der Waals surface area contributed by atoms with Gasteiger partial charge in [0.15, 0.2) is 11.5 Å². The van der Waals surface area contributed by atoms with Crippen LogP contribution < -0.4 is 14.8 Å². The molecule has 0 fully saturated rings. The third-order valence-corrected chi connectivity index (χ3v) is 5.63. The van der Waals surface area contributed by atoms with E-state index in [2.05, 4.69) is 15.3 Å². The number of aromatic nitrogens is 2. The lowest BCUT2D eigenvalue weighted by molar-refractivity contribution is -0.113. The summed E-state index contributed by atoms with van der Waals surface area (Å²) in [6.45, 7) is 1.11. The van der Waals surface area contributed by atoms with E-state index < -0.39 is 0 Å². The highest BCUT2D eigenvalue weighted by molar-refractivity contribution is 8.00. The number of nitrogens with zero attached hydrogens (tertiary/aromatic N) is 2. The van der Waals surface area contributed by atoms with Gasteiger partial charge in [-0.05, 0) is 42.5 Å². The Morgan fingerprint density at radius 2 is 1.82 bits per heavy atom. The van der Waals surface area contributed by atoms with E-state index in [0.29, 0.717) is 24.7 Å². The molecule has 1 amide bonds. The van der Waals surface area contributed by atoms with Crippen LogP contribution in [0, 0.1) is 0 Å². The summed E-state index contributed by atoms with van der Waals surface area (Å²) in [6, 6.07) is 15.0. The number of carbonyl (C=O) groups excluding carboxylic acids is 1. The van der Waals surface area contributed by atoms with Gasteiger partial charge in [0.2, 0.25) is 5.91 Å². The molecular formula is C20H17N3O3S2. The van der Waals surface area contributed by atoms with Crippen molar-refractivity contribution >= 4 is 35.1 Å². The standard InChI is InChI=1S/C20H17N3O3S2/c24-18(13-27-15-4-5-16-17(12-15)26-10-9-25-16)23-14-6-8-22-20(11-14)28-19-3-1-2-7-21-19/h1-8,11-12H,9-10,13H2,(H,22,23,24). The van der Waals surface area contributed by atoms with Gasteiger partial charge in [-0.15, -0.1) is 11.8 Å². The molecule has 0 spiro atoms. The molecule has 1 aliphatic heterocycles. The van der Waals surface area contributed by atoms with Gasteiger partial charge in [-0.25, -0.2) is 9.97 Å². The SMILES string of the molecule is O=C(CSc1ccc2c(c1)OCCO2)Nc1ccnc(Sc2ccccn2)c1. The first kappa shape index (κ1) is 18.6. The molecule has 3 heterocycles. The number of fused-ring (bicyclic) bond motifs is 1. The monoisotopic (exact) mass is 411 g/mol. The molecule has 1 aliphatic rings. The summed E-state index contributed by atoms with van der Waals surface area (Å²) in [5.74, 6) is 1.68. The third kappa shape index (κ3) is 4.96. The van der Waals surface area contributed by atoms with Crippen LogP contribution in [0.2, 0.25) is 0 Å². The Balaban J connectivity index is 1.33. The molecule has 0 saturated heterocycles. The normalized spacial score (nSPS) is 12.4. The van der Waals surface area contributed by atoms with Gasteiger partial charge >= 0.3 is 0 Å². The first-order valence-corrected chi connectivity index (χ1v) is 10.4. The first-order valence-electron chi connectivity index (χ1n) is 8.63. The largest absolute Gasteiger partial charge is 0.486 e. The van der Waals surface area contributed by atoms with Crippen LogP contribution in [0.3, 0.4) is 0 Å². The van der Waals surface area contributed by atoms with Crippen LogP contribution >= 0.6 is 23.5 Å². The van der Waals surface area contributed by atoms with Crippen LogP contribution in [-0.4, -0.2) is 34.8 Å². The average Bonchev–Trinajstić information content (AvgIpc) is 2.73. The highest BCUT2D eigenvalue weighted by Crippen LogP contribution is 2.34. The predicted octanol–water partition coefficient (Wildman–Crippen LogP) is 4.13. The Kier molecular flexibility index (Phi) is 5.98. The van der Waals surface area contributed by atoms with Gasteiger partial charge in [0.1, 0.15) is 23.3 Å². The van der Waals surface area contributed by atoms with Crippen molar-refractivity contribution in [1.82, 2.24) is 9.97 Å².